The summed E-state index contributed by atoms with van der Waals surface area (Å²) in [7, 11) is 0. The van der Waals surface area contributed by atoms with Crippen molar-refractivity contribution < 1.29 is 4.79 Å². The Hall–Kier alpha value is -0.810. The molecule has 2 amide bonds. The van der Waals surface area contributed by atoms with Gasteiger partial charge < -0.3 is 5.73 Å². The SMILES string of the molecule is NNNC(N)=O. The minimum absolute atomic E-state index is 0.697. The van der Waals surface area contributed by atoms with Gasteiger partial charge in [-0.25, -0.2) is 4.79 Å². The quantitative estimate of drug-likeness (QED) is 0.222. The van der Waals surface area contributed by atoms with Crippen molar-refractivity contribution in [1.82, 2.24) is 11.0 Å². The standard InChI is InChI=1S/CH6N4O/c2-1(6)4-5-3/h5H,3H2,(H3,2,4,6). The molecule has 0 aromatic rings. The number of nitrogens with two attached hydrogens (primary N) is 2. The van der Waals surface area contributed by atoms with Crippen molar-refractivity contribution in [3.63, 3.8) is 0 Å². The highest BCUT2D eigenvalue weighted by Gasteiger charge is 1.78. The second-order valence-electron chi connectivity index (χ2n) is 0.634. The van der Waals surface area contributed by atoms with Crippen LogP contribution in [0.4, 0.5) is 4.79 Å². The molecule has 0 radical (unpaired) electrons. The molecule has 6 heavy (non-hydrogen) atoms. The first-order valence-electron chi connectivity index (χ1n) is 1.28. The van der Waals surface area contributed by atoms with E-state index in [4.69, 9.17) is 0 Å². The molecule has 0 spiro atoms. The van der Waals surface area contributed by atoms with Gasteiger partial charge in [-0.2, -0.15) is 5.53 Å². The van der Waals surface area contributed by atoms with E-state index in [9.17, 15) is 4.79 Å². The Kier molecular flexibility index (Phi) is 2.10. The van der Waals surface area contributed by atoms with Crippen molar-refractivity contribution in [2.75, 3.05) is 0 Å². The maximum Gasteiger partial charge on any atom is 0.327 e. The van der Waals surface area contributed by atoms with E-state index in [-0.39, 0.29) is 0 Å². The molecular formula is CH6N4O. The van der Waals surface area contributed by atoms with E-state index < -0.39 is 6.03 Å². The third-order valence-electron chi connectivity index (χ3n) is 0.195. The normalized spacial score (nSPS) is 7.50. The number of hydrogen-bond donors (Lipinski definition) is 4. The minimum atomic E-state index is -0.697. The van der Waals surface area contributed by atoms with Gasteiger partial charge in [0.25, 0.3) is 0 Å². The van der Waals surface area contributed by atoms with E-state index in [1.807, 2.05) is 11.0 Å². The van der Waals surface area contributed by atoms with Crippen LogP contribution in [0.5, 0.6) is 0 Å². The summed E-state index contributed by atoms with van der Waals surface area (Å²) >= 11 is 0. The minimum Gasteiger partial charge on any atom is -0.351 e. The van der Waals surface area contributed by atoms with Gasteiger partial charge in [0.15, 0.2) is 0 Å². The van der Waals surface area contributed by atoms with Gasteiger partial charge in [0.05, 0.1) is 0 Å². The predicted molar refractivity (Wildman–Crippen MR) is 20.0 cm³/mol. The van der Waals surface area contributed by atoms with Gasteiger partial charge >= 0.3 is 6.03 Å². The van der Waals surface area contributed by atoms with Gasteiger partial charge in [-0.3, -0.25) is 11.3 Å². The van der Waals surface area contributed by atoms with E-state index >= 15 is 0 Å². The number of carbonyl (C=O) groups is 1. The van der Waals surface area contributed by atoms with Crippen LogP contribution in [-0.4, -0.2) is 6.03 Å². The van der Waals surface area contributed by atoms with Crippen molar-refractivity contribution in [1.29, 1.82) is 0 Å². The summed E-state index contributed by atoms with van der Waals surface area (Å²) in [6, 6.07) is -0.697. The molecule has 0 fully saturated rings. The van der Waals surface area contributed by atoms with Crippen molar-refractivity contribution in [3.8, 4) is 0 Å². The van der Waals surface area contributed by atoms with Crippen LogP contribution in [0.3, 0.4) is 0 Å². The molecule has 0 aliphatic heterocycles. The maximum atomic E-state index is 9.57. The van der Waals surface area contributed by atoms with Crippen LogP contribution in [-0.2, 0) is 0 Å². The van der Waals surface area contributed by atoms with Gasteiger partial charge in [-0.05, 0) is 0 Å². The van der Waals surface area contributed by atoms with E-state index in [0.717, 1.165) is 0 Å². The fourth-order valence-electron chi connectivity index (χ4n) is 0.0711. The number of hydrogen-bond acceptors (Lipinski definition) is 3. The number of primary amides is 1. The van der Waals surface area contributed by atoms with Crippen LogP contribution < -0.4 is 22.5 Å². The van der Waals surface area contributed by atoms with Gasteiger partial charge in [-0.15, -0.1) is 0 Å². The predicted octanol–water partition coefficient (Wildman–Crippen LogP) is -1.97. The zero-order chi connectivity index (χ0) is 4.99. The Labute approximate surface area is 34.6 Å². The van der Waals surface area contributed by atoms with Gasteiger partial charge in [-0.1, -0.05) is 0 Å². The molecule has 0 unspecified atom stereocenters. The molecule has 0 aliphatic carbocycles. The van der Waals surface area contributed by atoms with Gasteiger partial charge in [0.1, 0.15) is 0 Å². The zero-order valence-electron chi connectivity index (χ0n) is 3.06. The molecule has 0 aliphatic rings. The molecule has 0 heterocycles. The lowest BCUT2D eigenvalue weighted by Gasteiger charge is -1.91. The van der Waals surface area contributed by atoms with Gasteiger partial charge in [0, 0.05) is 0 Å². The smallest absolute Gasteiger partial charge is 0.327 e. The maximum absolute atomic E-state index is 9.57. The molecule has 0 atom stereocenters. The Morgan fingerprint density at radius 1 is 1.67 bits per heavy atom. The van der Waals surface area contributed by atoms with Crippen LogP contribution in [0.1, 0.15) is 0 Å². The third kappa shape index (κ3) is 3.19. The molecule has 0 bridgehead atoms. The molecular weight excluding hydrogens is 84.0 g/mol. The number of carbonyl (C=O) groups excluding carboxylic acids is 1. The Morgan fingerprint density at radius 3 is 2.17 bits per heavy atom. The molecule has 0 saturated heterocycles. The average Bonchev–Trinajstić information content (AvgIpc) is 1.35. The molecule has 0 saturated carbocycles. The highest BCUT2D eigenvalue weighted by atomic mass is 16.2. The molecule has 5 heteroatoms. The summed E-state index contributed by atoms with van der Waals surface area (Å²) in [6.07, 6.45) is 0. The highest BCUT2D eigenvalue weighted by Crippen LogP contribution is 1.38. The Balaban J connectivity index is 2.83. The first-order chi connectivity index (χ1) is 2.77. The summed E-state index contributed by atoms with van der Waals surface area (Å²) in [5.41, 5.74) is 8.23. The van der Waals surface area contributed by atoms with Crippen molar-refractivity contribution >= 4 is 6.03 Å². The van der Waals surface area contributed by atoms with Crippen LogP contribution in [0.2, 0.25) is 0 Å². The first-order valence-corrected chi connectivity index (χ1v) is 1.28. The summed E-state index contributed by atoms with van der Waals surface area (Å²) in [4.78, 5) is 9.57. The summed E-state index contributed by atoms with van der Waals surface area (Å²) < 4.78 is 0. The largest absolute Gasteiger partial charge is 0.351 e. The van der Waals surface area contributed by atoms with Crippen molar-refractivity contribution in [3.05, 3.63) is 0 Å². The monoisotopic (exact) mass is 90.1 g/mol. The fourth-order valence-corrected chi connectivity index (χ4v) is 0.0711. The van der Waals surface area contributed by atoms with E-state index in [0.29, 0.717) is 0 Å². The number of nitrogens with one attached hydrogen (secondary N) is 2. The molecule has 5 nitrogen and oxygen atoms in total. The van der Waals surface area contributed by atoms with Crippen LogP contribution in [0.15, 0.2) is 0 Å². The molecule has 0 aromatic heterocycles. The average molecular weight is 90.1 g/mol. The highest BCUT2D eigenvalue weighted by molar-refractivity contribution is 5.70. The second-order valence-corrected chi connectivity index (χ2v) is 0.634. The van der Waals surface area contributed by atoms with Crippen LogP contribution in [0.25, 0.3) is 0 Å². The van der Waals surface area contributed by atoms with Crippen LogP contribution in [0, 0.1) is 0 Å². The zero-order valence-corrected chi connectivity index (χ0v) is 3.06. The van der Waals surface area contributed by atoms with Crippen molar-refractivity contribution in [2.45, 2.75) is 0 Å². The lowest BCUT2D eigenvalue weighted by atomic mass is 11.2. The molecule has 0 aromatic carbocycles. The summed E-state index contributed by atoms with van der Waals surface area (Å²) in [6.45, 7) is 0. The van der Waals surface area contributed by atoms with Gasteiger partial charge in [0.2, 0.25) is 0 Å². The number of hydrazine groups is 2. The topological polar surface area (TPSA) is 93.2 Å². The third-order valence-corrected chi connectivity index (χ3v) is 0.195. The molecule has 6 N–H and O–H groups in total. The molecule has 0 rings (SSSR count). The molecule has 36 valence electrons. The van der Waals surface area contributed by atoms with E-state index in [1.165, 1.54) is 0 Å². The number of rotatable bonds is 1. The first kappa shape index (κ1) is 5.19. The summed E-state index contributed by atoms with van der Waals surface area (Å²) in [5.74, 6) is 4.57. The second kappa shape index (κ2) is 2.43. The van der Waals surface area contributed by atoms with Crippen LogP contribution >= 0.6 is 0 Å². The number of urea groups is 1. The van der Waals surface area contributed by atoms with E-state index in [2.05, 4.69) is 11.6 Å². The van der Waals surface area contributed by atoms with Crippen molar-refractivity contribution in [2.24, 2.45) is 11.6 Å². The Bertz CT molecular complexity index is 51.5. The Morgan fingerprint density at radius 2 is 2.17 bits per heavy atom. The summed E-state index contributed by atoms with van der Waals surface area (Å²) in [5, 5.41) is 0. The fraction of sp³-hybridized carbons (Fsp3) is 0. The van der Waals surface area contributed by atoms with E-state index in [1.54, 1.807) is 0 Å². The lowest BCUT2D eigenvalue weighted by molar-refractivity contribution is 0.245. The number of amides is 2. The lowest BCUT2D eigenvalue weighted by Crippen LogP contribution is -2.45.